The second-order valence-electron chi connectivity index (χ2n) is 7.02. The van der Waals surface area contributed by atoms with Gasteiger partial charge in [-0.1, -0.05) is 52.0 Å². The van der Waals surface area contributed by atoms with Crippen molar-refractivity contribution in [2.45, 2.75) is 52.2 Å². The molecule has 2 unspecified atom stereocenters. The Bertz CT molecular complexity index is 404. The molecule has 1 fully saturated rings. The molecule has 1 aromatic rings. The lowest BCUT2D eigenvalue weighted by Gasteiger charge is -2.34. The van der Waals surface area contributed by atoms with Crippen LogP contribution in [0, 0.1) is 5.92 Å². The first-order valence-electron chi connectivity index (χ1n) is 7.36. The van der Waals surface area contributed by atoms with Crippen LogP contribution in [0.15, 0.2) is 24.3 Å². The molecule has 0 aromatic heterocycles. The molecule has 1 aromatic carbocycles. The Morgan fingerprint density at radius 2 is 1.84 bits per heavy atom. The Hall–Kier alpha value is -0.860. The van der Waals surface area contributed by atoms with Crippen LogP contribution in [0.25, 0.3) is 0 Å². The molecular weight excluding hydrogens is 234 g/mol. The van der Waals surface area contributed by atoms with E-state index in [-0.39, 0.29) is 11.5 Å². The zero-order chi connectivity index (χ0) is 14.0. The minimum Gasteiger partial charge on any atom is -0.393 e. The van der Waals surface area contributed by atoms with Crippen LogP contribution in [0.1, 0.15) is 45.2 Å². The van der Waals surface area contributed by atoms with Crippen molar-refractivity contribution in [3.8, 4) is 0 Å². The van der Waals surface area contributed by atoms with Crippen LogP contribution in [0.4, 0.5) is 0 Å². The molecule has 0 spiro atoms. The molecule has 19 heavy (non-hydrogen) atoms. The average molecular weight is 261 g/mol. The van der Waals surface area contributed by atoms with Gasteiger partial charge in [0.1, 0.15) is 0 Å². The van der Waals surface area contributed by atoms with Gasteiger partial charge in [0.05, 0.1) is 6.10 Å². The number of rotatable bonds is 2. The smallest absolute Gasteiger partial charge is 0.0590 e. The lowest BCUT2D eigenvalue weighted by atomic mass is 9.86. The largest absolute Gasteiger partial charge is 0.393 e. The van der Waals surface area contributed by atoms with Crippen LogP contribution in [-0.2, 0) is 12.0 Å². The molecule has 1 heterocycles. The zero-order valence-electron chi connectivity index (χ0n) is 12.7. The van der Waals surface area contributed by atoms with Gasteiger partial charge < -0.3 is 5.11 Å². The highest BCUT2D eigenvalue weighted by molar-refractivity contribution is 5.27. The van der Waals surface area contributed by atoms with E-state index in [1.807, 2.05) is 0 Å². The third kappa shape index (κ3) is 3.80. The van der Waals surface area contributed by atoms with Crippen molar-refractivity contribution in [2.75, 3.05) is 13.1 Å². The second-order valence-corrected chi connectivity index (χ2v) is 7.02. The van der Waals surface area contributed by atoms with E-state index in [1.165, 1.54) is 11.1 Å². The van der Waals surface area contributed by atoms with E-state index in [1.54, 1.807) is 0 Å². The SMILES string of the molecule is CC1CN(Cc2ccc(C(C)(C)C)cc2)CCC1O. The van der Waals surface area contributed by atoms with Gasteiger partial charge in [-0.3, -0.25) is 4.90 Å². The van der Waals surface area contributed by atoms with Crippen LogP contribution in [0.2, 0.25) is 0 Å². The fourth-order valence-electron chi connectivity index (χ4n) is 2.73. The molecule has 1 saturated heterocycles. The van der Waals surface area contributed by atoms with Crippen molar-refractivity contribution < 1.29 is 5.11 Å². The standard InChI is InChI=1S/C17H27NO/c1-13-11-18(10-9-16(13)19)12-14-5-7-15(8-6-14)17(2,3)4/h5-8,13,16,19H,9-12H2,1-4H3. The van der Waals surface area contributed by atoms with Crippen LogP contribution >= 0.6 is 0 Å². The number of aliphatic hydroxyl groups is 1. The normalized spacial score (nSPS) is 25.5. The minimum atomic E-state index is -0.112. The first-order chi connectivity index (χ1) is 8.86. The maximum absolute atomic E-state index is 9.76. The number of aliphatic hydroxyl groups excluding tert-OH is 1. The summed E-state index contributed by atoms with van der Waals surface area (Å²) in [5, 5.41) is 9.76. The van der Waals surface area contributed by atoms with Crippen molar-refractivity contribution in [2.24, 2.45) is 5.92 Å². The van der Waals surface area contributed by atoms with Gasteiger partial charge in [0.15, 0.2) is 0 Å². The highest BCUT2D eigenvalue weighted by Gasteiger charge is 2.24. The Balaban J connectivity index is 1.97. The van der Waals surface area contributed by atoms with Crippen LogP contribution in [-0.4, -0.2) is 29.2 Å². The first kappa shape index (κ1) is 14.5. The fourth-order valence-corrected chi connectivity index (χ4v) is 2.73. The van der Waals surface area contributed by atoms with Crippen LogP contribution in [0.5, 0.6) is 0 Å². The van der Waals surface area contributed by atoms with E-state index in [9.17, 15) is 5.11 Å². The molecule has 2 atom stereocenters. The van der Waals surface area contributed by atoms with Gasteiger partial charge in [0.25, 0.3) is 0 Å². The summed E-state index contributed by atoms with van der Waals surface area (Å²) in [6, 6.07) is 8.99. The van der Waals surface area contributed by atoms with Crippen molar-refractivity contribution >= 4 is 0 Å². The molecule has 1 aliphatic heterocycles. The fraction of sp³-hybridized carbons (Fsp3) is 0.647. The van der Waals surface area contributed by atoms with Crippen molar-refractivity contribution in [3.05, 3.63) is 35.4 Å². The highest BCUT2D eigenvalue weighted by Crippen LogP contribution is 2.23. The number of hydrogen-bond acceptors (Lipinski definition) is 2. The molecule has 0 amide bonds. The third-order valence-corrected chi connectivity index (χ3v) is 4.17. The van der Waals surface area contributed by atoms with Gasteiger partial charge in [-0.15, -0.1) is 0 Å². The average Bonchev–Trinajstić information content (AvgIpc) is 2.33. The summed E-state index contributed by atoms with van der Waals surface area (Å²) in [7, 11) is 0. The summed E-state index contributed by atoms with van der Waals surface area (Å²) in [6.45, 7) is 11.9. The summed E-state index contributed by atoms with van der Waals surface area (Å²) in [6.07, 6.45) is 0.792. The Kier molecular flexibility index (Phi) is 4.32. The van der Waals surface area contributed by atoms with Gasteiger partial charge in [-0.05, 0) is 28.9 Å². The van der Waals surface area contributed by atoms with Crippen LogP contribution in [0.3, 0.4) is 0 Å². The zero-order valence-corrected chi connectivity index (χ0v) is 12.7. The Labute approximate surface area is 117 Å². The van der Waals surface area contributed by atoms with E-state index >= 15 is 0 Å². The lowest BCUT2D eigenvalue weighted by Crippen LogP contribution is -2.41. The predicted octanol–water partition coefficient (Wildman–Crippen LogP) is 3.19. The van der Waals surface area contributed by atoms with Gasteiger partial charge in [-0.25, -0.2) is 0 Å². The van der Waals surface area contributed by atoms with Crippen LogP contribution < -0.4 is 0 Å². The van der Waals surface area contributed by atoms with Gasteiger partial charge in [0.2, 0.25) is 0 Å². The third-order valence-electron chi connectivity index (χ3n) is 4.17. The summed E-state index contributed by atoms with van der Waals surface area (Å²) in [5.74, 6) is 0.391. The number of benzene rings is 1. The summed E-state index contributed by atoms with van der Waals surface area (Å²) < 4.78 is 0. The molecule has 1 N–H and O–H groups in total. The van der Waals surface area contributed by atoms with Gasteiger partial charge >= 0.3 is 0 Å². The van der Waals surface area contributed by atoms with E-state index in [0.717, 1.165) is 26.1 Å². The molecule has 2 rings (SSSR count). The molecule has 0 saturated carbocycles. The molecular formula is C17H27NO. The van der Waals surface area contributed by atoms with Crippen molar-refractivity contribution in [1.82, 2.24) is 4.90 Å². The molecule has 0 radical (unpaired) electrons. The molecule has 2 nitrogen and oxygen atoms in total. The highest BCUT2D eigenvalue weighted by atomic mass is 16.3. The maximum atomic E-state index is 9.76. The first-order valence-corrected chi connectivity index (χ1v) is 7.36. The van der Waals surface area contributed by atoms with E-state index in [0.29, 0.717) is 5.92 Å². The second kappa shape index (κ2) is 5.64. The van der Waals surface area contributed by atoms with E-state index in [2.05, 4.69) is 56.9 Å². The Morgan fingerprint density at radius 3 is 2.37 bits per heavy atom. The minimum absolute atomic E-state index is 0.112. The number of piperidine rings is 1. The quantitative estimate of drug-likeness (QED) is 0.884. The van der Waals surface area contributed by atoms with E-state index in [4.69, 9.17) is 0 Å². The predicted molar refractivity (Wildman–Crippen MR) is 80.2 cm³/mol. The molecule has 0 aliphatic carbocycles. The Morgan fingerprint density at radius 1 is 1.21 bits per heavy atom. The molecule has 0 bridgehead atoms. The topological polar surface area (TPSA) is 23.5 Å². The summed E-state index contributed by atoms with van der Waals surface area (Å²) >= 11 is 0. The molecule has 2 heteroatoms. The van der Waals surface area contributed by atoms with Crippen molar-refractivity contribution in [1.29, 1.82) is 0 Å². The van der Waals surface area contributed by atoms with E-state index < -0.39 is 0 Å². The summed E-state index contributed by atoms with van der Waals surface area (Å²) in [4.78, 5) is 2.45. The van der Waals surface area contributed by atoms with Gasteiger partial charge in [-0.2, -0.15) is 0 Å². The maximum Gasteiger partial charge on any atom is 0.0590 e. The monoisotopic (exact) mass is 261 g/mol. The molecule has 1 aliphatic rings. The number of nitrogens with zero attached hydrogens (tertiary/aromatic N) is 1. The van der Waals surface area contributed by atoms with Crippen molar-refractivity contribution in [3.63, 3.8) is 0 Å². The molecule has 106 valence electrons. The number of likely N-dealkylation sites (tertiary alicyclic amines) is 1. The number of hydrogen-bond donors (Lipinski definition) is 1. The van der Waals surface area contributed by atoms with Gasteiger partial charge in [0, 0.05) is 19.6 Å². The lowest BCUT2D eigenvalue weighted by molar-refractivity contribution is 0.0320. The summed E-state index contributed by atoms with van der Waals surface area (Å²) in [5.41, 5.74) is 2.98.